The summed E-state index contributed by atoms with van der Waals surface area (Å²) in [6.45, 7) is 6.12. The largest absolute Gasteiger partial charge is 0.313 e. The van der Waals surface area contributed by atoms with Crippen molar-refractivity contribution in [2.75, 3.05) is 11.9 Å². The minimum atomic E-state index is -0.514. The van der Waals surface area contributed by atoms with Gasteiger partial charge in [0.05, 0.1) is 22.8 Å². The van der Waals surface area contributed by atoms with Gasteiger partial charge in [-0.1, -0.05) is 24.3 Å². The van der Waals surface area contributed by atoms with E-state index in [0.29, 0.717) is 0 Å². The van der Waals surface area contributed by atoms with Crippen LogP contribution in [0.25, 0.3) is 21.7 Å². The van der Waals surface area contributed by atoms with E-state index < -0.39 is 5.41 Å². The molecule has 0 radical (unpaired) electrons. The molecular weight excluding hydrogens is 272 g/mol. The third-order valence-electron chi connectivity index (χ3n) is 4.89. The summed E-state index contributed by atoms with van der Waals surface area (Å²) in [6, 6.07) is 10.5. The van der Waals surface area contributed by atoms with Crippen molar-refractivity contribution in [1.82, 2.24) is 4.98 Å². The third kappa shape index (κ3) is 1.46. The Bertz CT molecular complexity index is 956. The first-order valence-electron chi connectivity index (χ1n) is 7.52. The molecule has 0 bridgehead atoms. The summed E-state index contributed by atoms with van der Waals surface area (Å²) >= 11 is 0. The predicted octanol–water partition coefficient (Wildman–Crippen LogP) is 3.95. The number of rotatable bonds is 0. The topological polar surface area (TPSA) is 33.2 Å². The Balaban J connectivity index is 2.24. The molecule has 110 valence electrons. The Morgan fingerprint density at radius 3 is 2.50 bits per heavy atom. The van der Waals surface area contributed by atoms with Crippen molar-refractivity contribution in [2.45, 2.75) is 26.2 Å². The van der Waals surface area contributed by atoms with Gasteiger partial charge in [-0.15, -0.1) is 0 Å². The van der Waals surface area contributed by atoms with Gasteiger partial charge in [-0.25, -0.2) is 0 Å². The molecule has 0 saturated carbocycles. The zero-order valence-electron chi connectivity index (χ0n) is 13.3. The van der Waals surface area contributed by atoms with E-state index in [-0.39, 0.29) is 5.91 Å². The number of aromatic nitrogens is 1. The van der Waals surface area contributed by atoms with Crippen LogP contribution in [-0.4, -0.2) is 17.9 Å². The molecule has 0 atom stereocenters. The zero-order valence-corrected chi connectivity index (χ0v) is 13.3. The first-order chi connectivity index (χ1) is 10.4. The van der Waals surface area contributed by atoms with E-state index in [0.717, 1.165) is 27.5 Å². The van der Waals surface area contributed by atoms with Gasteiger partial charge in [-0.3, -0.25) is 9.78 Å². The first-order valence-corrected chi connectivity index (χ1v) is 7.52. The SMILES string of the molecule is Cc1cc2c3c(cnc2c2ccccc12)N(C)C(=O)C3(C)C. The van der Waals surface area contributed by atoms with Gasteiger partial charge in [0.1, 0.15) is 0 Å². The van der Waals surface area contributed by atoms with Gasteiger partial charge in [-0.2, -0.15) is 0 Å². The smallest absolute Gasteiger partial charge is 0.236 e. The highest BCUT2D eigenvalue weighted by Crippen LogP contribution is 2.45. The predicted molar refractivity (Wildman–Crippen MR) is 90.4 cm³/mol. The number of benzene rings is 2. The number of anilines is 1. The molecule has 1 aromatic heterocycles. The van der Waals surface area contributed by atoms with E-state index in [1.165, 1.54) is 10.9 Å². The minimum Gasteiger partial charge on any atom is -0.313 e. The summed E-state index contributed by atoms with van der Waals surface area (Å²) in [5, 5.41) is 3.47. The summed E-state index contributed by atoms with van der Waals surface area (Å²) in [4.78, 5) is 19.0. The molecule has 4 rings (SSSR count). The number of carbonyl (C=O) groups is 1. The molecule has 3 aromatic rings. The fraction of sp³-hybridized carbons (Fsp3) is 0.263. The van der Waals surface area contributed by atoms with Crippen LogP contribution in [0.4, 0.5) is 5.69 Å². The van der Waals surface area contributed by atoms with Crippen LogP contribution >= 0.6 is 0 Å². The van der Waals surface area contributed by atoms with Crippen LogP contribution < -0.4 is 4.90 Å². The van der Waals surface area contributed by atoms with Crippen LogP contribution in [0.15, 0.2) is 36.5 Å². The molecule has 0 unspecified atom stereocenters. The lowest BCUT2D eigenvalue weighted by Gasteiger charge is -2.18. The summed E-state index contributed by atoms with van der Waals surface area (Å²) in [5.41, 5.74) is 3.71. The van der Waals surface area contributed by atoms with E-state index in [4.69, 9.17) is 0 Å². The lowest BCUT2D eigenvalue weighted by atomic mass is 9.83. The van der Waals surface area contributed by atoms with Crippen molar-refractivity contribution in [3.63, 3.8) is 0 Å². The van der Waals surface area contributed by atoms with E-state index >= 15 is 0 Å². The van der Waals surface area contributed by atoms with Crippen LogP contribution in [-0.2, 0) is 10.2 Å². The van der Waals surface area contributed by atoms with Crippen molar-refractivity contribution in [1.29, 1.82) is 0 Å². The van der Waals surface area contributed by atoms with E-state index in [2.05, 4.69) is 36.2 Å². The highest BCUT2D eigenvalue weighted by molar-refractivity contribution is 6.15. The second kappa shape index (κ2) is 4.07. The summed E-state index contributed by atoms with van der Waals surface area (Å²) in [6.07, 6.45) is 1.84. The van der Waals surface area contributed by atoms with E-state index in [1.54, 1.807) is 4.90 Å². The summed E-state index contributed by atoms with van der Waals surface area (Å²) in [5.74, 6) is 0.127. The quantitative estimate of drug-likeness (QED) is 0.587. The van der Waals surface area contributed by atoms with Gasteiger partial charge >= 0.3 is 0 Å². The van der Waals surface area contributed by atoms with Crippen LogP contribution in [0.5, 0.6) is 0 Å². The maximum absolute atomic E-state index is 12.6. The lowest BCUT2D eigenvalue weighted by molar-refractivity contribution is -0.121. The monoisotopic (exact) mass is 290 g/mol. The Hall–Kier alpha value is -2.42. The number of hydrogen-bond acceptors (Lipinski definition) is 2. The van der Waals surface area contributed by atoms with Crippen LogP contribution in [0.1, 0.15) is 25.0 Å². The van der Waals surface area contributed by atoms with Gasteiger partial charge in [0.2, 0.25) is 5.91 Å². The highest BCUT2D eigenvalue weighted by Gasteiger charge is 2.43. The molecular formula is C19H18N2O. The molecule has 1 aliphatic heterocycles. The van der Waals surface area contributed by atoms with Gasteiger partial charge in [0.25, 0.3) is 0 Å². The minimum absolute atomic E-state index is 0.127. The maximum atomic E-state index is 12.6. The third-order valence-corrected chi connectivity index (χ3v) is 4.89. The standard InChI is InChI=1S/C19H18N2O/c1-11-9-14-16-15(21(4)18(22)19(16,2)3)10-20-17(14)13-8-6-5-7-12(11)13/h5-10H,1-4H3. The molecule has 3 nitrogen and oxygen atoms in total. The Kier molecular flexibility index (Phi) is 2.45. The molecule has 2 heterocycles. The van der Waals surface area contributed by atoms with Crippen LogP contribution in [0, 0.1) is 6.92 Å². The van der Waals surface area contributed by atoms with E-state index in [9.17, 15) is 4.79 Å². The second-order valence-electron chi connectivity index (χ2n) is 6.64. The first kappa shape index (κ1) is 13.3. The Labute approximate surface area is 129 Å². The summed E-state index contributed by atoms with van der Waals surface area (Å²) < 4.78 is 0. The number of carbonyl (C=O) groups excluding carboxylic acids is 1. The highest BCUT2D eigenvalue weighted by atomic mass is 16.2. The second-order valence-corrected chi connectivity index (χ2v) is 6.64. The van der Waals surface area contributed by atoms with Crippen molar-refractivity contribution < 1.29 is 4.79 Å². The lowest BCUT2D eigenvalue weighted by Crippen LogP contribution is -2.33. The molecule has 2 aromatic carbocycles. The number of hydrogen-bond donors (Lipinski definition) is 0. The molecule has 0 fully saturated rings. The number of aryl methyl sites for hydroxylation is 1. The molecule has 0 aliphatic carbocycles. The molecule has 1 aliphatic rings. The Morgan fingerprint density at radius 1 is 1.09 bits per heavy atom. The van der Waals surface area contributed by atoms with Crippen molar-refractivity contribution in [2.24, 2.45) is 0 Å². The average Bonchev–Trinajstić information content (AvgIpc) is 2.69. The number of likely N-dealkylation sites (N-methyl/N-ethyl adjacent to an activating group) is 1. The molecule has 3 heteroatoms. The number of nitrogens with zero attached hydrogens (tertiary/aromatic N) is 2. The van der Waals surface area contributed by atoms with Crippen LogP contribution in [0.3, 0.4) is 0 Å². The van der Waals surface area contributed by atoms with Crippen molar-refractivity contribution in [3.8, 4) is 0 Å². The van der Waals surface area contributed by atoms with Gasteiger partial charge < -0.3 is 4.90 Å². The molecule has 0 spiro atoms. The number of pyridine rings is 1. The van der Waals surface area contributed by atoms with Gasteiger partial charge in [-0.05, 0) is 37.8 Å². The molecule has 22 heavy (non-hydrogen) atoms. The summed E-state index contributed by atoms with van der Waals surface area (Å²) in [7, 11) is 1.83. The van der Waals surface area contributed by atoms with E-state index in [1.807, 2.05) is 33.2 Å². The maximum Gasteiger partial charge on any atom is 0.236 e. The van der Waals surface area contributed by atoms with Gasteiger partial charge in [0.15, 0.2) is 0 Å². The number of fused-ring (bicyclic) bond motifs is 5. The zero-order chi connectivity index (χ0) is 15.6. The van der Waals surface area contributed by atoms with Crippen molar-refractivity contribution in [3.05, 3.63) is 47.7 Å². The van der Waals surface area contributed by atoms with Gasteiger partial charge in [0, 0.05) is 23.4 Å². The average molecular weight is 290 g/mol. The van der Waals surface area contributed by atoms with Crippen LogP contribution in [0.2, 0.25) is 0 Å². The van der Waals surface area contributed by atoms with Crippen molar-refractivity contribution >= 4 is 33.3 Å². The fourth-order valence-electron chi connectivity index (χ4n) is 3.75. The molecule has 1 amide bonds. The number of amides is 1. The Morgan fingerprint density at radius 2 is 1.77 bits per heavy atom. The fourth-order valence-corrected chi connectivity index (χ4v) is 3.75. The molecule has 0 N–H and O–H groups in total. The molecule has 0 saturated heterocycles. The normalized spacial score (nSPS) is 16.5.